The topological polar surface area (TPSA) is 61.5 Å². The molecule has 1 atom stereocenters. The predicted molar refractivity (Wildman–Crippen MR) is 95.2 cm³/mol. The number of hydrogen-bond donors (Lipinski definition) is 1. The lowest BCUT2D eigenvalue weighted by Gasteiger charge is -2.38. The number of imidazole rings is 1. The molecule has 1 amide bonds. The largest absolute Gasteiger partial charge is 0.441 e. The number of rotatable bonds is 4. The standard InChI is InChI=1S/C19H23FN4O2/c1-19(12-24(18(25)26-19)17-4-2-15(20)3-5-17)14-6-8-23(9-7-14)11-16-10-21-13-22-16/h2-5,10,13-14H,6-9,11-12H2,1H3,(H,21,22). The van der Waals surface area contributed by atoms with E-state index in [9.17, 15) is 9.18 Å². The van der Waals surface area contributed by atoms with Crippen molar-refractivity contribution in [2.45, 2.75) is 31.9 Å². The van der Waals surface area contributed by atoms with E-state index in [1.807, 2.05) is 13.1 Å². The minimum Gasteiger partial charge on any atom is -0.441 e. The summed E-state index contributed by atoms with van der Waals surface area (Å²) < 4.78 is 18.9. The Labute approximate surface area is 152 Å². The minimum absolute atomic E-state index is 0.311. The van der Waals surface area contributed by atoms with E-state index in [1.54, 1.807) is 23.4 Å². The molecule has 6 nitrogen and oxygen atoms in total. The maximum absolute atomic E-state index is 13.1. The first kappa shape index (κ1) is 17.0. The molecule has 1 aromatic carbocycles. The van der Waals surface area contributed by atoms with Gasteiger partial charge in [-0.3, -0.25) is 9.80 Å². The maximum Gasteiger partial charge on any atom is 0.415 e. The van der Waals surface area contributed by atoms with Crippen LogP contribution in [0.25, 0.3) is 0 Å². The lowest BCUT2D eigenvalue weighted by Crippen LogP contribution is -2.45. The summed E-state index contributed by atoms with van der Waals surface area (Å²) in [5.41, 5.74) is 1.28. The molecule has 0 saturated carbocycles. The molecule has 2 aliphatic rings. The van der Waals surface area contributed by atoms with E-state index in [1.165, 1.54) is 12.1 Å². The fourth-order valence-corrected chi connectivity index (χ4v) is 4.01. The van der Waals surface area contributed by atoms with Crippen LogP contribution in [0.2, 0.25) is 0 Å². The summed E-state index contributed by atoms with van der Waals surface area (Å²) in [5, 5.41) is 0. The highest BCUT2D eigenvalue weighted by Crippen LogP contribution is 2.38. The Morgan fingerprint density at radius 3 is 2.69 bits per heavy atom. The van der Waals surface area contributed by atoms with Crippen molar-refractivity contribution in [2.24, 2.45) is 5.92 Å². The van der Waals surface area contributed by atoms with Crippen molar-refractivity contribution in [1.82, 2.24) is 14.9 Å². The third-order valence-corrected chi connectivity index (χ3v) is 5.55. The summed E-state index contributed by atoms with van der Waals surface area (Å²) in [6.45, 7) is 5.32. The first-order valence-corrected chi connectivity index (χ1v) is 8.99. The lowest BCUT2D eigenvalue weighted by atomic mass is 9.81. The average Bonchev–Trinajstić information content (AvgIpc) is 3.24. The lowest BCUT2D eigenvalue weighted by molar-refractivity contribution is -0.00690. The van der Waals surface area contributed by atoms with Crippen LogP contribution in [0.1, 0.15) is 25.5 Å². The molecule has 1 unspecified atom stereocenters. The zero-order valence-corrected chi connectivity index (χ0v) is 14.8. The minimum atomic E-state index is -0.508. The highest BCUT2D eigenvalue weighted by molar-refractivity contribution is 5.90. The van der Waals surface area contributed by atoms with Crippen LogP contribution in [0.15, 0.2) is 36.8 Å². The fourth-order valence-electron chi connectivity index (χ4n) is 4.01. The van der Waals surface area contributed by atoms with Crippen molar-refractivity contribution >= 4 is 11.8 Å². The third-order valence-electron chi connectivity index (χ3n) is 5.55. The number of anilines is 1. The Balaban J connectivity index is 1.39. The van der Waals surface area contributed by atoms with E-state index in [4.69, 9.17) is 4.74 Å². The van der Waals surface area contributed by atoms with Gasteiger partial charge in [-0.25, -0.2) is 14.2 Å². The number of H-pyrrole nitrogens is 1. The summed E-state index contributed by atoms with van der Waals surface area (Å²) in [4.78, 5) is 23.6. The fraction of sp³-hybridized carbons (Fsp3) is 0.474. The number of benzene rings is 1. The van der Waals surface area contributed by atoms with Gasteiger partial charge in [0.1, 0.15) is 11.4 Å². The predicted octanol–water partition coefficient (Wildman–Crippen LogP) is 3.18. The molecule has 26 heavy (non-hydrogen) atoms. The molecule has 0 radical (unpaired) electrons. The number of carbonyl (C=O) groups is 1. The van der Waals surface area contributed by atoms with Crippen LogP contribution < -0.4 is 4.90 Å². The number of cyclic esters (lactones) is 1. The van der Waals surface area contributed by atoms with Crippen molar-refractivity contribution in [2.75, 3.05) is 24.5 Å². The molecule has 2 saturated heterocycles. The van der Waals surface area contributed by atoms with E-state index < -0.39 is 5.60 Å². The summed E-state index contributed by atoms with van der Waals surface area (Å²) in [6, 6.07) is 5.98. The van der Waals surface area contributed by atoms with Gasteiger partial charge in [0, 0.05) is 30.0 Å². The number of amides is 1. The number of nitrogens with one attached hydrogen (secondary N) is 1. The van der Waals surface area contributed by atoms with Gasteiger partial charge < -0.3 is 9.72 Å². The van der Waals surface area contributed by atoms with Crippen LogP contribution in [0.3, 0.4) is 0 Å². The molecule has 0 bridgehead atoms. The van der Waals surface area contributed by atoms with E-state index in [-0.39, 0.29) is 11.9 Å². The van der Waals surface area contributed by atoms with Gasteiger partial charge in [0.05, 0.1) is 12.9 Å². The molecule has 0 spiro atoms. The number of nitrogens with zero attached hydrogens (tertiary/aromatic N) is 3. The number of carbonyl (C=O) groups excluding carboxylic acids is 1. The van der Waals surface area contributed by atoms with Gasteiger partial charge in [0.25, 0.3) is 0 Å². The second-order valence-corrected chi connectivity index (χ2v) is 7.37. The monoisotopic (exact) mass is 358 g/mol. The molecule has 3 heterocycles. The third kappa shape index (κ3) is 3.31. The second-order valence-electron chi connectivity index (χ2n) is 7.37. The van der Waals surface area contributed by atoms with E-state index >= 15 is 0 Å². The number of hydrogen-bond acceptors (Lipinski definition) is 4. The van der Waals surface area contributed by atoms with Crippen LogP contribution in [-0.4, -0.2) is 46.2 Å². The van der Waals surface area contributed by atoms with E-state index in [0.717, 1.165) is 38.2 Å². The Morgan fingerprint density at radius 1 is 1.31 bits per heavy atom. The summed E-state index contributed by atoms with van der Waals surface area (Å²) >= 11 is 0. The molecule has 2 aromatic rings. The van der Waals surface area contributed by atoms with Gasteiger partial charge in [-0.1, -0.05) is 0 Å². The Kier molecular flexibility index (Phi) is 4.40. The molecular weight excluding hydrogens is 335 g/mol. The SMILES string of the molecule is CC1(C2CCN(Cc3cnc[nH]3)CC2)CN(c2ccc(F)cc2)C(=O)O1. The molecule has 2 fully saturated rings. The van der Waals surface area contributed by atoms with Crippen molar-refractivity contribution in [1.29, 1.82) is 0 Å². The summed E-state index contributed by atoms with van der Waals surface area (Å²) in [7, 11) is 0. The molecule has 4 rings (SSSR count). The number of aromatic nitrogens is 2. The number of likely N-dealkylation sites (tertiary alicyclic amines) is 1. The Bertz CT molecular complexity index is 756. The Morgan fingerprint density at radius 2 is 2.04 bits per heavy atom. The van der Waals surface area contributed by atoms with Gasteiger partial charge in [-0.2, -0.15) is 0 Å². The smallest absolute Gasteiger partial charge is 0.415 e. The number of aromatic amines is 1. The summed E-state index contributed by atoms with van der Waals surface area (Å²) in [5.74, 6) is 0.00336. The number of piperidine rings is 1. The Hall–Kier alpha value is -2.41. The molecule has 0 aliphatic carbocycles. The number of halogens is 1. The van der Waals surface area contributed by atoms with Crippen molar-refractivity contribution in [3.63, 3.8) is 0 Å². The number of ether oxygens (including phenoxy) is 1. The molecular formula is C19H23FN4O2. The van der Waals surface area contributed by atoms with E-state index in [0.29, 0.717) is 18.2 Å². The van der Waals surface area contributed by atoms with Gasteiger partial charge in [-0.15, -0.1) is 0 Å². The molecule has 2 aliphatic heterocycles. The van der Waals surface area contributed by atoms with Crippen LogP contribution in [-0.2, 0) is 11.3 Å². The van der Waals surface area contributed by atoms with E-state index in [2.05, 4.69) is 14.9 Å². The zero-order valence-electron chi connectivity index (χ0n) is 14.8. The second kappa shape index (κ2) is 6.72. The van der Waals surface area contributed by atoms with Gasteiger partial charge in [-0.05, 0) is 57.1 Å². The maximum atomic E-state index is 13.1. The highest BCUT2D eigenvalue weighted by Gasteiger charge is 2.48. The van der Waals surface area contributed by atoms with Gasteiger partial charge in [0.15, 0.2) is 0 Å². The molecule has 1 aromatic heterocycles. The van der Waals surface area contributed by atoms with Crippen LogP contribution in [0.4, 0.5) is 14.9 Å². The first-order valence-electron chi connectivity index (χ1n) is 8.99. The normalized spacial score (nSPS) is 24.8. The van der Waals surface area contributed by atoms with Crippen molar-refractivity contribution < 1.29 is 13.9 Å². The van der Waals surface area contributed by atoms with Crippen LogP contribution in [0.5, 0.6) is 0 Å². The summed E-state index contributed by atoms with van der Waals surface area (Å²) in [6.07, 6.45) is 5.17. The average molecular weight is 358 g/mol. The molecule has 1 N–H and O–H groups in total. The quantitative estimate of drug-likeness (QED) is 0.912. The van der Waals surface area contributed by atoms with Crippen molar-refractivity contribution in [3.8, 4) is 0 Å². The molecule has 7 heteroatoms. The van der Waals surface area contributed by atoms with Gasteiger partial charge >= 0.3 is 6.09 Å². The zero-order chi connectivity index (χ0) is 18.1. The van der Waals surface area contributed by atoms with Gasteiger partial charge in [0.2, 0.25) is 0 Å². The van der Waals surface area contributed by atoms with Crippen LogP contribution >= 0.6 is 0 Å². The van der Waals surface area contributed by atoms with Crippen molar-refractivity contribution in [3.05, 3.63) is 48.3 Å². The first-order chi connectivity index (χ1) is 12.5. The molecule has 138 valence electrons. The van der Waals surface area contributed by atoms with Crippen LogP contribution in [0, 0.1) is 11.7 Å². The highest BCUT2D eigenvalue weighted by atomic mass is 19.1.